The van der Waals surface area contributed by atoms with Crippen LogP contribution in [0.5, 0.6) is 0 Å². The highest BCUT2D eigenvalue weighted by atomic mass is 15.1. The fourth-order valence-corrected chi connectivity index (χ4v) is 2.48. The van der Waals surface area contributed by atoms with E-state index in [-0.39, 0.29) is 0 Å². The number of hydrogen-bond donors (Lipinski definition) is 1. The fraction of sp³-hybridized carbons (Fsp3) is 0.188. The number of anilines is 1. The molecule has 2 N–H and O–H groups in total. The summed E-state index contributed by atoms with van der Waals surface area (Å²) in [5.74, 6) is 0.705. The van der Waals surface area contributed by atoms with Gasteiger partial charge in [0.05, 0.1) is 0 Å². The number of nitrogens with zero attached hydrogens (tertiary/aromatic N) is 2. The van der Waals surface area contributed by atoms with Crippen LogP contribution in [0.15, 0.2) is 36.4 Å². The molecule has 0 radical (unpaired) electrons. The lowest BCUT2D eigenvalue weighted by atomic mass is 10.1. The van der Waals surface area contributed by atoms with Gasteiger partial charge in [0.15, 0.2) is 0 Å². The summed E-state index contributed by atoms with van der Waals surface area (Å²) >= 11 is 0. The van der Waals surface area contributed by atoms with Gasteiger partial charge in [-0.1, -0.05) is 29.8 Å². The van der Waals surface area contributed by atoms with Gasteiger partial charge in [0.25, 0.3) is 0 Å². The van der Waals surface area contributed by atoms with Crippen LogP contribution in [0.25, 0.3) is 16.9 Å². The van der Waals surface area contributed by atoms with Crippen molar-refractivity contribution < 1.29 is 0 Å². The van der Waals surface area contributed by atoms with Crippen molar-refractivity contribution in [2.75, 3.05) is 5.73 Å². The van der Waals surface area contributed by atoms with E-state index in [1.165, 1.54) is 11.1 Å². The summed E-state index contributed by atoms with van der Waals surface area (Å²) in [4.78, 5) is 4.67. The van der Waals surface area contributed by atoms with Crippen LogP contribution in [0.2, 0.25) is 0 Å². The van der Waals surface area contributed by atoms with Crippen molar-refractivity contribution in [2.24, 2.45) is 0 Å². The van der Waals surface area contributed by atoms with E-state index in [1.807, 2.05) is 4.40 Å². The quantitative estimate of drug-likeness (QED) is 0.719. The minimum Gasteiger partial charge on any atom is -0.383 e. The van der Waals surface area contributed by atoms with Gasteiger partial charge < -0.3 is 5.73 Å². The Balaban J connectivity index is 2.28. The molecule has 2 aromatic heterocycles. The Morgan fingerprint density at radius 2 is 1.63 bits per heavy atom. The van der Waals surface area contributed by atoms with Gasteiger partial charge in [-0.15, -0.1) is 0 Å². The first-order valence-corrected chi connectivity index (χ1v) is 6.38. The number of nitrogens with two attached hydrogens (primary N) is 1. The van der Waals surface area contributed by atoms with Gasteiger partial charge in [-0.3, -0.25) is 4.40 Å². The molecule has 1 aromatic carbocycles. The van der Waals surface area contributed by atoms with Crippen molar-refractivity contribution in [2.45, 2.75) is 20.8 Å². The van der Waals surface area contributed by atoms with Crippen molar-refractivity contribution >= 4 is 11.5 Å². The van der Waals surface area contributed by atoms with E-state index >= 15 is 0 Å². The number of benzene rings is 1. The molecular formula is C16H17N3. The molecule has 3 nitrogen and oxygen atoms in total. The van der Waals surface area contributed by atoms with Crippen LogP contribution >= 0.6 is 0 Å². The van der Waals surface area contributed by atoms with Gasteiger partial charge in [0.2, 0.25) is 0 Å². The first kappa shape index (κ1) is 11.8. The number of pyridine rings is 1. The largest absolute Gasteiger partial charge is 0.383 e. The van der Waals surface area contributed by atoms with Crippen LogP contribution in [0.4, 0.5) is 5.82 Å². The predicted octanol–water partition coefficient (Wildman–Crippen LogP) is 3.51. The zero-order chi connectivity index (χ0) is 13.6. The molecule has 0 saturated carbocycles. The molecule has 0 bridgehead atoms. The summed E-state index contributed by atoms with van der Waals surface area (Å²) in [5, 5.41) is 0. The van der Waals surface area contributed by atoms with Crippen LogP contribution in [0.1, 0.15) is 16.8 Å². The average molecular weight is 251 g/mol. The summed E-state index contributed by atoms with van der Waals surface area (Å²) in [6, 6.07) is 12.5. The third-order valence-electron chi connectivity index (χ3n) is 3.41. The van der Waals surface area contributed by atoms with E-state index in [1.54, 1.807) is 0 Å². The molecular weight excluding hydrogens is 234 g/mol. The highest BCUT2D eigenvalue weighted by molar-refractivity contribution is 5.75. The van der Waals surface area contributed by atoms with Crippen molar-refractivity contribution in [3.63, 3.8) is 0 Å². The molecule has 0 aliphatic rings. The lowest BCUT2D eigenvalue weighted by molar-refractivity contribution is 1.09. The Morgan fingerprint density at radius 1 is 0.947 bits per heavy atom. The summed E-state index contributed by atoms with van der Waals surface area (Å²) in [6.07, 6.45) is 0. The van der Waals surface area contributed by atoms with Gasteiger partial charge in [0, 0.05) is 11.3 Å². The second-order valence-corrected chi connectivity index (χ2v) is 5.08. The number of aryl methyl sites for hydroxylation is 3. The lowest BCUT2D eigenvalue weighted by Crippen LogP contribution is -1.98. The van der Waals surface area contributed by atoms with E-state index in [0.29, 0.717) is 5.82 Å². The fourth-order valence-electron chi connectivity index (χ4n) is 2.48. The number of fused-ring (bicyclic) bond motifs is 1. The zero-order valence-electron chi connectivity index (χ0n) is 11.4. The van der Waals surface area contributed by atoms with Crippen LogP contribution in [0.3, 0.4) is 0 Å². The number of nitrogen functional groups attached to an aromatic ring is 1. The van der Waals surface area contributed by atoms with E-state index in [2.05, 4.69) is 62.2 Å². The number of rotatable bonds is 1. The topological polar surface area (TPSA) is 43.3 Å². The normalized spacial score (nSPS) is 11.1. The minimum absolute atomic E-state index is 0.705. The molecule has 96 valence electrons. The summed E-state index contributed by atoms with van der Waals surface area (Å²) in [6.45, 7) is 6.20. The van der Waals surface area contributed by atoms with Crippen molar-refractivity contribution in [1.82, 2.24) is 9.38 Å². The molecule has 0 aliphatic carbocycles. The van der Waals surface area contributed by atoms with Crippen molar-refractivity contribution in [1.29, 1.82) is 0 Å². The first-order chi connectivity index (χ1) is 9.06. The van der Waals surface area contributed by atoms with E-state index in [4.69, 9.17) is 5.73 Å². The van der Waals surface area contributed by atoms with Gasteiger partial charge in [0.1, 0.15) is 17.2 Å². The summed E-state index contributed by atoms with van der Waals surface area (Å²) < 4.78 is 2.00. The molecule has 3 rings (SSSR count). The van der Waals surface area contributed by atoms with Crippen molar-refractivity contribution in [3.05, 3.63) is 53.2 Å². The van der Waals surface area contributed by atoms with Crippen molar-refractivity contribution in [3.8, 4) is 11.3 Å². The third kappa shape index (κ3) is 1.87. The Labute approximate surface area is 112 Å². The lowest BCUT2D eigenvalue weighted by Gasteiger charge is -2.04. The van der Waals surface area contributed by atoms with Crippen LogP contribution in [-0.4, -0.2) is 9.38 Å². The number of hydrogen-bond acceptors (Lipinski definition) is 2. The maximum atomic E-state index is 6.26. The smallest absolute Gasteiger partial charge is 0.139 e. The van der Waals surface area contributed by atoms with Crippen LogP contribution in [-0.2, 0) is 0 Å². The van der Waals surface area contributed by atoms with Crippen LogP contribution in [0, 0.1) is 20.8 Å². The first-order valence-electron chi connectivity index (χ1n) is 6.38. The molecule has 0 amide bonds. The standard InChI is InChI=1S/C16H17N3/c1-10-4-6-13(7-5-10)15-16(17)19-12(3)8-11(2)9-14(19)18-15/h4-9H,17H2,1-3H3. The second-order valence-electron chi connectivity index (χ2n) is 5.08. The molecule has 0 spiro atoms. The zero-order valence-corrected chi connectivity index (χ0v) is 11.4. The Kier molecular flexibility index (Phi) is 2.56. The Hall–Kier alpha value is -2.29. The molecule has 2 heterocycles. The van der Waals surface area contributed by atoms with E-state index in [9.17, 15) is 0 Å². The highest BCUT2D eigenvalue weighted by Gasteiger charge is 2.12. The maximum absolute atomic E-state index is 6.26. The molecule has 0 unspecified atom stereocenters. The molecule has 0 aliphatic heterocycles. The van der Waals surface area contributed by atoms with Gasteiger partial charge in [-0.2, -0.15) is 0 Å². The van der Waals surface area contributed by atoms with Gasteiger partial charge in [-0.05, 0) is 38.5 Å². The monoisotopic (exact) mass is 251 g/mol. The molecule has 3 aromatic rings. The van der Waals surface area contributed by atoms with E-state index in [0.717, 1.165) is 22.6 Å². The number of imidazole rings is 1. The predicted molar refractivity (Wildman–Crippen MR) is 79.3 cm³/mol. The van der Waals surface area contributed by atoms with Gasteiger partial charge >= 0.3 is 0 Å². The summed E-state index contributed by atoms with van der Waals surface area (Å²) in [7, 11) is 0. The maximum Gasteiger partial charge on any atom is 0.139 e. The Bertz CT molecular complexity index is 752. The molecule has 0 saturated heterocycles. The SMILES string of the molecule is Cc1ccc(-c2nc3cc(C)cc(C)n3c2N)cc1. The van der Waals surface area contributed by atoms with E-state index < -0.39 is 0 Å². The minimum atomic E-state index is 0.705. The molecule has 0 atom stereocenters. The van der Waals surface area contributed by atoms with Gasteiger partial charge in [-0.25, -0.2) is 4.98 Å². The third-order valence-corrected chi connectivity index (χ3v) is 3.41. The summed E-state index contributed by atoms with van der Waals surface area (Å²) in [5.41, 5.74) is 12.6. The molecule has 3 heteroatoms. The Morgan fingerprint density at radius 3 is 2.32 bits per heavy atom. The average Bonchev–Trinajstić information content (AvgIpc) is 2.67. The second kappa shape index (κ2) is 4.12. The highest BCUT2D eigenvalue weighted by Crippen LogP contribution is 2.28. The molecule has 19 heavy (non-hydrogen) atoms. The molecule has 0 fully saturated rings. The number of aromatic nitrogens is 2. The van der Waals surface area contributed by atoms with Crippen LogP contribution < -0.4 is 5.73 Å².